The minimum Gasteiger partial charge on any atom is -0.494 e. The summed E-state index contributed by atoms with van der Waals surface area (Å²) < 4.78 is 1.77. The highest BCUT2D eigenvalue weighted by Gasteiger charge is 2.09. The van der Waals surface area contributed by atoms with E-state index < -0.39 is 0 Å². The molecule has 0 atom stereocenters. The maximum atomic E-state index is 9.88. The van der Waals surface area contributed by atoms with E-state index in [1.807, 2.05) is 25.1 Å². The second-order valence-corrected chi connectivity index (χ2v) is 4.05. The quantitative estimate of drug-likeness (QED) is 0.704. The van der Waals surface area contributed by atoms with Gasteiger partial charge in [-0.05, 0) is 19.1 Å². The fourth-order valence-electron chi connectivity index (χ4n) is 1.96. The van der Waals surface area contributed by atoms with E-state index in [0.29, 0.717) is 11.1 Å². The van der Waals surface area contributed by atoms with Crippen molar-refractivity contribution >= 4 is 23.1 Å². The van der Waals surface area contributed by atoms with E-state index in [2.05, 4.69) is 20.1 Å². The molecule has 3 rings (SSSR count). The number of nitrogens with zero attached hydrogens (tertiary/aromatic N) is 4. The van der Waals surface area contributed by atoms with Gasteiger partial charge in [0.05, 0.1) is 17.3 Å². The van der Waals surface area contributed by atoms with Crippen molar-refractivity contribution in [1.82, 2.24) is 19.7 Å². The first kappa shape index (κ1) is 11.5. The van der Waals surface area contributed by atoms with Crippen molar-refractivity contribution < 1.29 is 5.11 Å². The maximum absolute atomic E-state index is 9.88. The van der Waals surface area contributed by atoms with Crippen LogP contribution >= 0.6 is 0 Å². The molecule has 0 fully saturated rings. The average molecular weight is 255 g/mol. The smallest absolute Gasteiger partial charge is 0.200 e. The van der Waals surface area contributed by atoms with Crippen LogP contribution in [-0.2, 0) is 6.54 Å². The lowest BCUT2D eigenvalue weighted by molar-refractivity contribution is 0.457. The lowest BCUT2D eigenvalue weighted by atomic mass is 10.3. The van der Waals surface area contributed by atoms with E-state index >= 15 is 0 Å². The molecule has 96 valence electrons. The van der Waals surface area contributed by atoms with E-state index in [9.17, 15) is 5.11 Å². The largest absolute Gasteiger partial charge is 0.494 e. The number of hydrogen-bond donors (Lipinski definition) is 2. The number of aryl methyl sites for hydroxylation is 1. The van der Waals surface area contributed by atoms with Crippen molar-refractivity contribution in [3.63, 3.8) is 0 Å². The molecule has 0 aliphatic rings. The van der Waals surface area contributed by atoms with Gasteiger partial charge in [-0.1, -0.05) is 0 Å². The number of aromatic hydroxyl groups is 1. The van der Waals surface area contributed by atoms with Crippen molar-refractivity contribution in [2.75, 3.05) is 0 Å². The van der Waals surface area contributed by atoms with Crippen molar-refractivity contribution in [1.29, 1.82) is 0 Å². The van der Waals surface area contributed by atoms with Gasteiger partial charge in [-0.25, -0.2) is 9.67 Å². The van der Waals surface area contributed by atoms with Gasteiger partial charge in [0, 0.05) is 25.0 Å². The molecule has 0 aliphatic carbocycles. The van der Waals surface area contributed by atoms with Crippen LogP contribution in [0.3, 0.4) is 0 Å². The number of aromatic amines is 1. The Morgan fingerprint density at radius 1 is 1.42 bits per heavy atom. The zero-order chi connectivity index (χ0) is 13.2. The number of nitrogens with one attached hydrogen (secondary N) is 1. The van der Waals surface area contributed by atoms with Crippen LogP contribution in [0.25, 0.3) is 11.0 Å². The van der Waals surface area contributed by atoms with Gasteiger partial charge in [-0.2, -0.15) is 5.10 Å². The third kappa shape index (κ3) is 1.97. The van der Waals surface area contributed by atoms with Crippen molar-refractivity contribution in [2.45, 2.75) is 13.5 Å². The van der Waals surface area contributed by atoms with Crippen LogP contribution in [0.15, 0.2) is 35.6 Å². The molecule has 6 nitrogen and oxygen atoms in total. The standard InChI is InChI=1S/C13H13N5O/c1-2-18-11(5-7-16-18)15-8-9-12-10(17-13(9)19)4-3-6-14-12/h3-8,17,19H,2H2,1H3. The molecule has 19 heavy (non-hydrogen) atoms. The zero-order valence-corrected chi connectivity index (χ0v) is 10.4. The number of hydrogen-bond acceptors (Lipinski definition) is 4. The number of aromatic nitrogens is 4. The van der Waals surface area contributed by atoms with E-state index in [0.717, 1.165) is 17.9 Å². The molecule has 3 aromatic heterocycles. The van der Waals surface area contributed by atoms with Crippen LogP contribution in [0.5, 0.6) is 5.88 Å². The Kier molecular flexibility index (Phi) is 2.75. The maximum Gasteiger partial charge on any atom is 0.200 e. The highest BCUT2D eigenvalue weighted by atomic mass is 16.3. The van der Waals surface area contributed by atoms with Crippen LogP contribution < -0.4 is 0 Å². The summed E-state index contributed by atoms with van der Waals surface area (Å²) in [6.45, 7) is 2.74. The minimum absolute atomic E-state index is 0.0695. The Morgan fingerprint density at radius 2 is 2.32 bits per heavy atom. The number of fused-ring (bicyclic) bond motifs is 1. The summed E-state index contributed by atoms with van der Waals surface area (Å²) in [5.74, 6) is 0.812. The molecule has 0 saturated heterocycles. The first-order valence-electron chi connectivity index (χ1n) is 6.01. The predicted octanol–water partition coefficient (Wildman–Crippen LogP) is 2.24. The number of pyridine rings is 1. The fourth-order valence-corrected chi connectivity index (χ4v) is 1.96. The van der Waals surface area contributed by atoms with Crippen LogP contribution in [0, 0.1) is 0 Å². The van der Waals surface area contributed by atoms with Gasteiger partial charge in [0.15, 0.2) is 5.88 Å². The Hall–Kier alpha value is -2.63. The molecule has 2 N–H and O–H groups in total. The molecule has 0 amide bonds. The normalized spacial score (nSPS) is 11.6. The Balaban J connectivity index is 2.04. The topological polar surface area (TPSA) is 79.1 Å². The molecule has 0 aliphatic heterocycles. The lowest BCUT2D eigenvalue weighted by Gasteiger charge is -1.97. The van der Waals surface area contributed by atoms with Crippen LogP contribution in [0.1, 0.15) is 12.5 Å². The second-order valence-electron chi connectivity index (χ2n) is 4.05. The minimum atomic E-state index is 0.0695. The third-order valence-corrected chi connectivity index (χ3v) is 2.89. The van der Waals surface area contributed by atoms with Gasteiger partial charge in [-0.15, -0.1) is 0 Å². The summed E-state index contributed by atoms with van der Waals surface area (Å²) in [5, 5.41) is 14.0. The van der Waals surface area contributed by atoms with Gasteiger partial charge in [0.1, 0.15) is 11.3 Å². The molecular formula is C13H13N5O. The number of H-pyrrole nitrogens is 1. The molecule has 0 spiro atoms. The van der Waals surface area contributed by atoms with Gasteiger partial charge >= 0.3 is 0 Å². The molecule has 0 aromatic carbocycles. The predicted molar refractivity (Wildman–Crippen MR) is 72.9 cm³/mol. The molecule has 0 unspecified atom stereocenters. The van der Waals surface area contributed by atoms with E-state index in [-0.39, 0.29) is 5.88 Å². The van der Waals surface area contributed by atoms with Crippen LogP contribution in [-0.4, -0.2) is 31.1 Å². The Morgan fingerprint density at radius 3 is 3.16 bits per heavy atom. The second kappa shape index (κ2) is 4.56. The fraction of sp³-hybridized carbons (Fsp3) is 0.154. The van der Waals surface area contributed by atoms with Gasteiger partial charge < -0.3 is 10.1 Å². The van der Waals surface area contributed by atoms with Crippen molar-refractivity contribution in [2.24, 2.45) is 4.99 Å². The average Bonchev–Trinajstić information content (AvgIpc) is 2.99. The molecule has 0 radical (unpaired) electrons. The summed E-state index contributed by atoms with van der Waals surface area (Å²) >= 11 is 0. The SMILES string of the molecule is CCn1nccc1N=Cc1c(O)[nH]c2cccnc12. The number of rotatable bonds is 3. The summed E-state index contributed by atoms with van der Waals surface area (Å²) in [5.41, 5.74) is 2.07. The summed E-state index contributed by atoms with van der Waals surface area (Å²) in [7, 11) is 0. The highest BCUT2D eigenvalue weighted by Crippen LogP contribution is 2.24. The van der Waals surface area contributed by atoms with Crippen LogP contribution in [0.2, 0.25) is 0 Å². The first-order valence-corrected chi connectivity index (χ1v) is 6.01. The van der Waals surface area contributed by atoms with E-state index in [1.165, 1.54) is 0 Å². The van der Waals surface area contributed by atoms with Gasteiger partial charge in [0.25, 0.3) is 0 Å². The molecule has 0 saturated carbocycles. The van der Waals surface area contributed by atoms with Crippen LogP contribution in [0.4, 0.5) is 5.82 Å². The molecule has 3 heterocycles. The van der Waals surface area contributed by atoms with Gasteiger partial charge in [0.2, 0.25) is 0 Å². The monoisotopic (exact) mass is 255 g/mol. The highest BCUT2D eigenvalue weighted by molar-refractivity contribution is 6.00. The Bertz CT molecular complexity index is 740. The summed E-state index contributed by atoms with van der Waals surface area (Å²) in [4.78, 5) is 11.5. The summed E-state index contributed by atoms with van der Waals surface area (Å²) in [6.07, 6.45) is 4.98. The zero-order valence-electron chi connectivity index (χ0n) is 10.4. The van der Waals surface area contributed by atoms with Gasteiger partial charge in [-0.3, -0.25) is 4.98 Å². The summed E-state index contributed by atoms with van der Waals surface area (Å²) in [6, 6.07) is 5.49. The lowest BCUT2D eigenvalue weighted by Crippen LogP contribution is -1.94. The molecular weight excluding hydrogens is 242 g/mol. The van der Waals surface area contributed by atoms with E-state index in [1.54, 1.807) is 23.3 Å². The Labute approximate surface area is 109 Å². The first-order chi connectivity index (χ1) is 9.29. The van der Waals surface area contributed by atoms with Crippen molar-refractivity contribution in [3.05, 3.63) is 36.2 Å². The number of aliphatic imine (C=N–C) groups is 1. The van der Waals surface area contributed by atoms with E-state index in [4.69, 9.17) is 0 Å². The molecule has 3 aromatic rings. The molecule has 6 heteroatoms. The van der Waals surface area contributed by atoms with Crippen molar-refractivity contribution in [3.8, 4) is 5.88 Å². The molecule has 0 bridgehead atoms. The third-order valence-electron chi connectivity index (χ3n) is 2.89.